The van der Waals surface area contributed by atoms with Gasteiger partial charge in [0.2, 0.25) is 0 Å². The molecule has 0 fully saturated rings. The second-order valence-corrected chi connectivity index (χ2v) is 3.11. The van der Waals surface area contributed by atoms with Crippen LogP contribution in [-0.4, -0.2) is 36.3 Å². The number of fused-ring (bicyclic) bond motifs is 1. The second kappa shape index (κ2) is 5.26. The number of aliphatic hydroxyl groups is 1. The van der Waals surface area contributed by atoms with Crippen LogP contribution >= 0.6 is 0 Å². The van der Waals surface area contributed by atoms with Gasteiger partial charge < -0.3 is 10.0 Å². The zero-order valence-corrected chi connectivity index (χ0v) is 9.18. The number of nitrogens with zero attached hydrogens (tertiary/aromatic N) is 3. The lowest BCUT2D eigenvalue weighted by atomic mass is 10.3. The number of anilines is 1. The summed E-state index contributed by atoms with van der Waals surface area (Å²) in [6.45, 7) is 0. The summed E-state index contributed by atoms with van der Waals surface area (Å²) in [5, 5.41) is 8.08. The van der Waals surface area contributed by atoms with Crippen molar-refractivity contribution < 1.29 is 5.11 Å². The van der Waals surface area contributed by atoms with E-state index >= 15 is 0 Å². The molecule has 0 saturated carbocycles. The second-order valence-electron chi connectivity index (χ2n) is 3.11. The summed E-state index contributed by atoms with van der Waals surface area (Å²) in [7, 11) is 4.94. The summed E-state index contributed by atoms with van der Waals surface area (Å²) >= 11 is 0. The van der Waals surface area contributed by atoms with Crippen molar-refractivity contribution in [3.63, 3.8) is 0 Å². The van der Waals surface area contributed by atoms with E-state index in [1.807, 2.05) is 43.3 Å². The predicted octanol–water partition coefficient (Wildman–Crippen LogP) is 1.30. The quantitative estimate of drug-likeness (QED) is 0.762. The van der Waals surface area contributed by atoms with E-state index in [-0.39, 0.29) is 0 Å². The van der Waals surface area contributed by atoms with Crippen molar-refractivity contribution in [1.29, 1.82) is 0 Å². The van der Waals surface area contributed by atoms with E-state index < -0.39 is 0 Å². The molecule has 0 aliphatic rings. The lowest BCUT2D eigenvalue weighted by Gasteiger charge is -2.10. The molecule has 4 nitrogen and oxygen atoms in total. The zero-order valence-electron chi connectivity index (χ0n) is 9.18. The van der Waals surface area contributed by atoms with Gasteiger partial charge in [-0.3, -0.25) is 0 Å². The molecule has 0 aliphatic heterocycles. The van der Waals surface area contributed by atoms with Crippen molar-refractivity contribution in [2.75, 3.05) is 26.1 Å². The summed E-state index contributed by atoms with van der Waals surface area (Å²) in [5.41, 5.74) is 0.800. The molecule has 2 heterocycles. The lowest BCUT2D eigenvalue weighted by molar-refractivity contribution is 0.399. The van der Waals surface area contributed by atoms with Gasteiger partial charge in [-0.25, -0.2) is 9.97 Å². The normalized spacial score (nSPS) is 9.33. The largest absolute Gasteiger partial charge is 0.400 e. The van der Waals surface area contributed by atoms with Crippen LogP contribution in [-0.2, 0) is 0 Å². The number of hydrogen-bond donors (Lipinski definition) is 1. The molecule has 0 unspecified atom stereocenters. The van der Waals surface area contributed by atoms with Gasteiger partial charge in [0.1, 0.15) is 5.82 Å². The molecule has 15 heavy (non-hydrogen) atoms. The average Bonchev–Trinajstić information content (AvgIpc) is 2.31. The van der Waals surface area contributed by atoms with Crippen LogP contribution in [0.4, 0.5) is 5.82 Å². The van der Waals surface area contributed by atoms with Crippen molar-refractivity contribution in [3.8, 4) is 0 Å². The monoisotopic (exact) mass is 205 g/mol. The summed E-state index contributed by atoms with van der Waals surface area (Å²) in [6, 6.07) is 7.95. The molecule has 0 atom stereocenters. The highest BCUT2D eigenvalue weighted by Gasteiger charge is 1.98. The molecule has 2 aromatic rings. The van der Waals surface area contributed by atoms with Crippen molar-refractivity contribution in [3.05, 3.63) is 30.5 Å². The molecule has 2 rings (SSSR count). The molecule has 0 aromatic carbocycles. The molecule has 0 bridgehead atoms. The SMILES string of the molecule is CN(C)c1ccc2cccnc2n1.CO. The van der Waals surface area contributed by atoms with Crippen molar-refractivity contribution in [2.45, 2.75) is 0 Å². The highest BCUT2D eigenvalue weighted by molar-refractivity contribution is 5.76. The minimum Gasteiger partial charge on any atom is -0.400 e. The first-order chi connectivity index (χ1) is 7.27. The van der Waals surface area contributed by atoms with Gasteiger partial charge in [-0.1, -0.05) is 0 Å². The van der Waals surface area contributed by atoms with Crippen LogP contribution in [0.15, 0.2) is 30.5 Å². The van der Waals surface area contributed by atoms with Gasteiger partial charge in [-0.05, 0) is 24.3 Å². The third kappa shape index (κ3) is 2.63. The van der Waals surface area contributed by atoms with Gasteiger partial charge in [-0.15, -0.1) is 0 Å². The summed E-state index contributed by atoms with van der Waals surface area (Å²) in [4.78, 5) is 10.5. The molecule has 0 saturated heterocycles. The van der Waals surface area contributed by atoms with Gasteiger partial charge in [0, 0.05) is 32.8 Å². The van der Waals surface area contributed by atoms with Crippen LogP contribution in [0.3, 0.4) is 0 Å². The van der Waals surface area contributed by atoms with Crippen LogP contribution in [0, 0.1) is 0 Å². The highest BCUT2D eigenvalue weighted by Crippen LogP contribution is 2.13. The van der Waals surface area contributed by atoms with E-state index in [1.54, 1.807) is 6.20 Å². The smallest absolute Gasteiger partial charge is 0.161 e. The molecule has 0 spiro atoms. The first-order valence-corrected chi connectivity index (χ1v) is 4.61. The Morgan fingerprint density at radius 1 is 1.13 bits per heavy atom. The fraction of sp³-hybridized carbons (Fsp3) is 0.273. The predicted molar refractivity (Wildman–Crippen MR) is 62.0 cm³/mol. The Bertz CT molecular complexity index is 429. The Hall–Kier alpha value is -1.68. The first-order valence-electron chi connectivity index (χ1n) is 4.61. The zero-order chi connectivity index (χ0) is 11.3. The fourth-order valence-corrected chi connectivity index (χ4v) is 1.19. The number of aromatic nitrogens is 2. The van der Waals surface area contributed by atoms with Crippen LogP contribution < -0.4 is 4.90 Å². The first kappa shape index (κ1) is 11.4. The third-order valence-corrected chi connectivity index (χ3v) is 1.91. The molecule has 80 valence electrons. The van der Waals surface area contributed by atoms with Crippen LogP contribution in [0.2, 0.25) is 0 Å². The Kier molecular flexibility index (Phi) is 4.00. The fourth-order valence-electron chi connectivity index (χ4n) is 1.19. The Balaban J connectivity index is 0.000000531. The lowest BCUT2D eigenvalue weighted by Crippen LogP contribution is -2.10. The number of aliphatic hydroxyl groups excluding tert-OH is 1. The maximum atomic E-state index is 7.00. The van der Waals surface area contributed by atoms with Crippen molar-refractivity contribution in [1.82, 2.24) is 9.97 Å². The van der Waals surface area contributed by atoms with Gasteiger partial charge in [0.15, 0.2) is 5.65 Å². The summed E-state index contributed by atoms with van der Waals surface area (Å²) in [5.74, 6) is 0.936. The minimum absolute atomic E-state index is 0.800. The van der Waals surface area contributed by atoms with E-state index in [4.69, 9.17) is 5.11 Å². The molecular formula is C11H15N3O. The molecule has 4 heteroatoms. The van der Waals surface area contributed by atoms with Crippen molar-refractivity contribution in [2.24, 2.45) is 0 Å². The van der Waals surface area contributed by atoms with Gasteiger partial charge in [0.25, 0.3) is 0 Å². The Labute approximate surface area is 89.2 Å². The highest BCUT2D eigenvalue weighted by atomic mass is 16.2. The molecule has 2 aromatic heterocycles. The van der Waals surface area contributed by atoms with Gasteiger partial charge >= 0.3 is 0 Å². The maximum Gasteiger partial charge on any atom is 0.161 e. The van der Waals surface area contributed by atoms with Crippen molar-refractivity contribution >= 4 is 16.9 Å². The summed E-state index contributed by atoms with van der Waals surface area (Å²) < 4.78 is 0. The standard InChI is InChI=1S/C10H11N3.CH4O/c1-13(2)9-6-5-8-4-3-7-11-10(8)12-9;1-2/h3-7H,1-2H3;2H,1H3. The molecule has 0 amide bonds. The minimum atomic E-state index is 0.800. The number of pyridine rings is 2. The Morgan fingerprint density at radius 2 is 1.87 bits per heavy atom. The average molecular weight is 205 g/mol. The van der Waals surface area contributed by atoms with E-state index in [9.17, 15) is 0 Å². The molecular weight excluding hydrogens is 190 g/mol. The van der Waals surface area contributed by atoms with Crippen LogP contribution in [0.25, 0.3) is 11.0 Å². The van der Waals surface area contributed by atoms with Crippen LogP contribution in [0.1, 0.15) is 0 Å². The van der Waals surface area contributed by atoms with E-state index in [0.29, 0.717) is 0 Å². The Morgan fingerprint density at radius 3 is 2.53 bits per heavy atom. The molecule has 0 radical (unpaired) electrons. The topological polar surface area (TPSA) is 49.2 Å². The van der Waals surface area contributed by atoms with Gasteiger partial charge in [0.05, 0.1) is 0 Å². The number of rotatable bonds is 1. The van der Waals surface area contributed by atoms with Crippen LogP contribution in [0.5, 0.6) is 0 Å². The molecule has 1 N–H and O–H groups in total. The third-order valence-electron chi connectivity index (χ3n) is 1.91. The van der Waals surface area contributed by atoms with E-state index in [0.717, 1.165) is 24.0 Å². The maximum absolute atomic E-state index is 7.00. The van der Waals surface area contributed by atoms with E-state index in [1.165, 1.54) is 0 Å². The van der Waals surface area contributed by atoms with E-state index in [2.05, 4.69) is 9.97 Å². The number of hydrogen-bond acceptors (Lipinski definition) is 4. The summed E-state index contributed by atoms with van der Waals surface area (Å²) in [6.07, 6.45) is 1.76. The van der Waals surface area contributed by atoms with Gasteiger partial charge in [-0.2, -0.15) is 0 Å². The molecule has 0 aliphatic carbocycles.